The third-order valence-corrected chi connectivity index (χ3v) is 4.22. The first-order chi connectivity index (χ1) is 8.26. The highest BCUT2D eigenvalue weighted by Gasteiger charge is 2.33. The second kappa shape index (κ2) is 5.71. The molecule has 0 aromatic rings. The number of hydrogen-bond acceptors (Lipinski definition) is 2. The van der Waals surface area contributed by atoms with E-state index in [0.717, 1.165) is 38.8 Å². The lowest BCUT2D eigenvalue weighted by Crippen LogP contribution is -2.56. The molecule has 2 amide bonds. The summed E-state index contributed by atoms with van der Waals surface area (Å²) in [4.78, 5) is 14.1. The zero-order valence-electron chi connectivity index (χ0n) is 10.7. The van der Waals surface area contributed by atoms with Gasteiger partial charge in [-0.05, 0) is 25.7 Å². The molecule has 0 spiro atoms. The number of nitrogens with two attached hydrogens (primary N) is 1. The van der Waals surface area contributed by atoms with Gasteiger partial charge in [0.2, 0.25) is 0 Å². The predicted molar refractivity (Wildman–Crippen MR) is 68.8 cm³/mol. The van der Waals surface area contributed by atoms with Crippen molar-refractivity contribution in [3.05, 3.63) is 0 Å². The number of rotatable bonds is 2. The molecule has 4 nitrogen and oxygen atoms in total. The maximum atomic E-state index is 12.1. The van der Waals surface area contributed by atoms with Crippen molar-refractivity contribution in [1.82, 2.24) is 10.2 Å². The second-order valence-electron chi connectivity index (χ2n) is 5.52. The first kappa shape index (κ1) is 12.7. The summed E-state index contributed by atoms with van der Waals surface area (Å²) in [7, 11) is 0. The molecular formula is C13H25N3O. The van der Waals surface area contributed by atoms with Crippen molar-refractivity contribution in [3.63, 3.8) is 0 Å². The smallest absolute Gasteiger partial charge is 0.317 e. The fourth-order valence-corrected chi connectivity index (χ4v) is 3.01. The highest BCUT2D eigenvalue weighted by Crippen LogP contribution is 2.26. The predicted octanol–water partition coefficient (Wildman–Crippen LogP) is 1.84. The summed E-state index contributed by atoms with van der Waals surface area (Å²) < 4.78 is 0. The van der Waals surface area contributed by atoms with Crippen LogP contribution in [0.3, 0.4) is 0 Å². The standard InChI is InChI=1S/C13H25N3O/c14-11-13(7-3-1-2-4-8-13)15-12(17)16-9-5-6-10-16/h1-11,14H2,(H,15,17). The van der Waals surface area contributed by atoms with Crippen LogP contribution in [0.15, 0.2) is 0 Å². The Morgan fingerprint density at radius 1 is 1.06 bits per heavy atom. The van der Waals surface area contributed by atoms with E-state index in [1.807, 2.05) is 4.90 Å². The van der Waals surface area contributed by atoms with Gasteiger partial charge in [-0.1, -0.05) is 25.7 Å². The molecule has 0 aromatic heterocycles. The number of nitrogens with zero attached hydrogens (tertiary/aromatic N) is 1. The zero-order valence-corrected chi connectivity index (χ0v) is 10.7. The van der Waals surface area contributed by atoms with E-state index in [9.17, 15) is 4.79 Å². The fraction of sp³-hybridized carbons (Fsp3) is 0.923. The van der Waals surface area contributed by atoms with Crippen LogP contribution in [-0.4, -0.2) is 36.1 Å². The van der Waals surface area contributed by atoms with Gasteiger partial charge in [-0.2, -0.15) is 0 Å². The van der Waals surface area contributed by atoms with Crippen LogP contribution in [0.1, 0.15) is 51.4 Å². The first-order valence-electron chi connectivity index (χ1n) is 7.03. The van der Waals surface area contributed by atoms with Gasteiger partial charge in [-0.3, -0.25) is 0 Å². The second-order valence-corrected chi connectivity index (χ2v) is 5.52. The van der Waals surface area contributed by atoms with Gasteiger partial charge in [-0.15, -0.1) is 0 Å². The molecule has 0 unspecified atom stereocenters. The number of likely N-dealkylation sites (tertiary alicyclic amines) is 1. The van der Waals surface area contributed by atoms with Crippen molar-refractivity contribution < 1.29 is 4.79 Å². The molecule has 17 heavy (non-hydrogen) atoms. The molecule has 98 valence electrons. The molecule has 1 saturated heterocycles. The molecule has 2 aliphatic rings. The summed E-state index contributed by atoms with van der Waals surface area (Å²) in [6.45, 7) is 2.39. The van der Waals surface area contributed by atoms with Crippen LogP contribution in [0, 0.1) is 0 Å². The average Bonchev–Trinajstić information content (AvgIpc) is 2.78. The topological polar surface area (TPSA) is 58.4 Å². The number of urea groups is 1. The van der Waals surface area contributed by atoms with Gasteiger partial charge in [0.05, 0.1) is 5.54 Å². The van der Waals surface area contributed by atoms with Crippen molar-refractivity contribution in [2.45, 2.75) is 56.9 Å². The normalized spacial score (nSPS) is 24.4. The van der Waals surface area contributed by atoms with Gasteiger partial charge in [0.15, 0.2) is 0 Å². The first-order valence-corrected chi connectivity index (χ1v) is 7.03. The van der Waals surface area contributed by atoms with Gasteiger partial charge < -0.3 is 16.0 Å². The molecule has 4 heteroatoms. The number of carbonyl (C=O) groups excluding carboxylic acids is 1. The number of carbonyl (C=O) groups is 1. The van der Waals surface area contributed by atoms with Crippen molar-refractivity contribution in [1.29, 1.82) is 0 Å². The minimum absolute atomic E-state index is 0.106. The number of hydrogen-bond donors (Lipinski definition) is 2. The quantitative estimate of drug-likeness (QED) is 0.722. The Labute approximate surface area is 104 Å². The third-order valence-electron chi connectivity index (χ3n) is 4.22. The molecule has 0 aromatic carbocycles. The van der Waals surface area contributed by atoms with E-state index in [1.165, 1.54) is 25.7 Å². The summed E-state index contributed by atoms with van der Waals surface area (Å²) in [5, 5.41) is 3.23. The third kappa shape index (κ3) is 3.12. The highest BCUT2D eigenvalue weighted by atomic mass is 16.2. The van der Waals surface area contributed by atoms with E-state index in [4.69, 9.17) is 5.73 Å². The Morgan fingerprint density at radius 3 is 2.18 bits per heavy atom. The molecule has 2 fully saturated rings. The monoisotopic (exact) mass is 239 g/mol. The van der Waals surface area contributed by atoms with Crippen LogP contribution in [0.25, 0.3) is 0 Å². The van der Waals surface area contributed by atoms with Crippen molar-refractivity contribution in [3.8, 4) is 0 Å². The van der Waals surface area contributed by atoms with Crippen LogP contribution in [0.5, 0.6) is 0 Å². The molecule has 0 atom stereocenters. The number of amides is 2. The molecule has 1 aliphatic carbocycles. The minimum atomic E-state index is -0.129. The Morgan fingerprint density at radius 2 is 1.65 bits per heavy atom. The van der Waals surface area contributed by atoms with Gasteiger partial charge in [0.25, 0.3) is 0 Å². The summed E-state index contributed by atoms with van der Waals surface area (Å²) >= 11 is 0. The highest BCUT2D eigenvalue weighted by molar-refractivity contribution is 5.75. The van der Waals surface area contributed by atoms with Crippen LogP contribution in [0.4, 0.5) is 4.79 Å². The van der Waals surface area contributed by atoms with Gasteiger partial charge >= 0.3 is 6.03 Å². The van der Waals surface area contributed by atoms with Crippen LogP contribution >= 0.6 is 0 Å². The molecule has 1 saturated carbocycles. The molecular weight excluding hydrogens is 214 g/mol. The largest absolute Gasteiger partial charge is 0.331 e. The minimum Gasteiger partial charge on any atom is -0.331 e. The fourth-order valence-electron chi connectivity index (χ4n) is 3.01. The van der Waals surface area contributed by atoms with E-state index in [-0.39, 0.29) is 11.6 Å². The Hall–Kier alpha value is -0.770. The molecule has 3 N–H and O–H groups in total. The lowest BCUT2D eigenvalue weighted by molar-refractivity contribution is 0.188. The molecule has 0 bridgehead atoms. The SMILES string of the molecule is NCC1(NC(=O)N2CCCC2)CCCCCC1. The molecule has 1 aliphatic heterocycles. The van der Waals surface area contributed by atoms with Crippen molar-refractivity contribution in [2.24, 2.45) is 5.73 Å². The van der Waals surface area contributed by atoms with Gasteiger partial charge in [-0.25, -0.2) is 4.79 Å². The van der Waals surface area contributed by atoms with Gasteiger partial charge in [0.1, 0.15) is 0 Å². The van der Waals surface area contributed by atoms with E-state index in [2.05, 4.69) is 5.32 Å². The van der Waals surface area contributed by atoms with Crippen LogP contribution in [0.2, 0.25) is 0 Å². The van der Waals surface area contributed by atoms with E-state index >= 15 is 0 Å². The maximum absolute atomic E-state index is 12.1. The zero-order chi connectivity index (χ0) is 12.1. The maximum Gasteiger partial charge on any atom is 0.317 e. The van der Waals surface area contributed by atoms with Crippen LogP contribution in [-0.2, 0) is 0 Å². The Balaban J connectivity index is 1.94. The number of nitrogens with one attached hydrogen (secondary N) is 1. The molecule has 2 rings (SSSR count). The lowest BCUT2D eigenvalue weighted by atomic mass is 9.90. The van der Waals surface area contributed by atoms with E-state index in [0.29, 0.717) is 6.54 Å². The molecule has 0 radical (unpaired) electrons. The van der Waals surface area contributed by atoms with Crippen molar-refractivity contribution in [2.75, 3.05) is 19.6 Å². The Kier molecular flexibility index (Phi) is 4.26. The van der Waals surface area contributed by atoms with Crippen molar-refractivity contribution >= 4 is 6.03 Å². The average molecular weight is 239 g/mol. The van der Waals surface area contributed by atoms with E-state index in [1.54, 1.807) is 0 Å². The summed E-state index contributed by atoms with van der Waals surface area (Å²) in [6.07, 6.45) is 9.32. The lowest BCUT2D eigenvalue weighted by Gasteiger charge is -2.34. The van der Waals surface area contributed by atoms with Crippen LogP contribution < -0.4 is 11.1 Å². The van der Waals surface area contributed by atoms with E-state index < -0.39 is 0 Å². The van der Waals surface area contributed by atoms with Gasteiger partial charge in [0, 0.05) is 19.6 Å². The summed E-state index contributed by atoms with van der Waals surface area (Å²) in [5.74, 6) is 0. The molecule has 1 heterocycles. The summed E-state index contributed by atoms with van der Waals surface area (Å²) in [5.41, 5.74) is 5.79. The Bertz CT molecular complexity index is 253. The summed E-state index contributed by atoms with van der Waals surface area (Å²) in [6, 6.07) is 0.106.